The number of rotatable bonds is 9. The summed E-state index contributed by atoms with van der Waals surface area (Å²) in [6.45, 7) is 7.39. The van der Waals surface area contributed by atoms with Gasteiger partial charge in [0, 0.05) is 19.1 Å². The molecule has 1 rings (SSSR count). The van der Waals surface area contributed by atoms with Gasteiger partial charge < -0.3 is 10.2 Å². The first-order chi connectivity index (χ1) is 9.05. The minimum absolute atomic E-state index is 0.150. The van der Waals surface area contributed by atoms with Crippen LogP contribution in [0.5, 0.6) is 0 Å². The number of unbranched alkanes of at least 4 members (excludes halogenated alkanes) is 1. The Hall–Kier alpha value is -0.590. The fraction of sp³-hybridized carbons (Fsp3) is 0.938. The van der Waals surface area contributed by atoms with Crippen molar-refractivity contribution in [3.8, 4) is 6.07 Å². The summed E-state index contributed by atoms with van der Waals surface area (Å²) in [5, 5.41) is 12.4. The zero-order valence-electron chi connectivity index (χ0n) is 13.0. The highest BCUT2D eigenvalue weighted by Gasteiger charge is 2.18. The lowest BCUT2D eigenvalue weighted by Gasteiger charge is -2.24. The third-order valence-electron chi connectivity index (χ3n) is 4.30. The normalized spacial score (nSPS) is 17.0. The van der Waals surface area contributed by atoms with Crippen LogP contribution in [-0.2, 0) is 0 Å². The Labute approximate surface area is 119 Å². The molecule has 0 bridgehead atoms. The summed E-state index contributed by atoms with van der Waals surface area (Å²) in [6.07, 6.45) is 8.94. The molecule has 0 aromatic heterocycles. The second kappa shape index (κ2) is 8.55. The topological polar surface area (TPSA) is 39.1 Å². The number of nitriles is 1. The van der Waals surface area contributed by atoms with Crippen molar-refractivity contribution in [3.05, 3.63) is 0 Å². The molecule has 0 unspecified atom stereocenters. The average Bonchev–Trinajstić information content (AvgIpc) is 2.91. The molecule has 1 fully saturated rings. The molecule has 1 aliphatic rings. The SMILES string of the molecule is CN(CCNCCCCC(C)(C)C#N)C1CCCC1. The van der Waals surface area contributed by atoms with Gasteiger partial charge in [-0.25, -0.2) is 0 Å². The Morgan fingerprint density at radius 3 is 2.53 bits per heavy atom. The molecule has 1 N–H and O–H groups in total. The first-order valence-electron chi connectivity index (χ1n) is 7.87. The van der Waals surface area contributed by atoms with Gasteiger partial charge in [-0.05, 0) is 53.1 Å². The van der Waals surface area contributed by atoms with Crippen molar-refractivity contribution in [3.63, 3.8) is 0 Å². The first-order valence-corrected chi connectivity index (χ1v) is 7.87. The molecule has 0 radical (unpaired) electrons. The standard InChI is InChI=1S/C16H31N3/c1-16(2,14-17)10-6-7-11-18-12-13-19(3)15-8-4-5-9-15/h15,18H,4-13H2,1-3H3. The van der Waals surface area contributed by atoms with Gasteiger partial charge in [0.15, 0.2) is 0 Å². The quantitative estimate of drug-likeness (QED) is 0.651. The fourth-order valence-electron chi connectivity index (χ4n) is 2.78. The Bertz CT molecular complexity index is 274. The second-order valence-corrected chi connectivity index (χ2v) is 6.62. The monoisotopic (exact) mass is 265 g/mol. The van der Waals surface area contributed by atoms with Gasteiger partial charge >= 0.3 is 0 Å². The van der Waals surface area contributed by atoms with Crippen molar-refractivity contribution in [2.24, 2.45) is 5.41 Å². The van der Waals surface area contributed by atoms with Crippen LogP contribution in [0.15, 0.2) is 0 Å². The molecular formula is C16H31N3. The van der Waals surface area contributed by atoms with Crippen LogP contribution < -0.4 is 5.32 Å². The third kappa shape index (κ3) is 6.94. The van der Waals surface area contributed by atoms with E-state index in [9.17, 15) is 0 Å². The molecule has 0 aliphatic heterocycles. The lowest BCUT2D eigenvalue weighted by atomic mass is 9.89. The highest BCUT2D eigenvalue weighted by atomic mass is 15.1. The van der Waals surface area contributed by atoms with Crippen LogP contribution in [0.25, 0.3) is 0 Å². The van der Waals surface area contributed by atoms with E-state index in [0.29, 0.717) is 0 Å². The molecule has 0 heterocycles. The molecule has 0 saturated heterocycles. The van der Waals surface area contributed by atoms with E-state index < -0.39 is 0 Å². The van der Waals surface area contributed by atoms with E-state index in [0.717, 1.165) is 38.5 Å². The van der Waals surface area contributed by atoms with E-state index in [4.69, 9.17) is 5.26 Å². The van der Waals surface area contributed by atoms with E-state index in [1.165, 1.54) is 32.1 Å². The van der Waals surface area contributed by atoms with E-state index in [-0.39, 0.29) is 5.41 Å². The van der Waals surface area contributed by atoms with Crippen LogP contribution in [0, 0.1) is 16.7 Å². The summed E-state index contributed by atoms with van der Waals surface area (Å²) in [6, 6.07) is 3.19. The van der Waals surface area contributed by atoms with Gasteiger partial charge in [0.1, 0.15) is 0 Å². The number of likely N-dealkylation sites (N-methyl/N-ethyl adjacent to an activating group) is 1. The molecule has 0 atom stereocenters. The summed E-state index contributed by atoms with van der Waals surface area (Å²) >= 11 is 0. The fourth-order valence-corrected chi connectivity index (χ4v) is 2.78. The maximum atomic E-state index is 8.93. The molecule has 110 valence electrons. The zero-order valence-corrected chi connectivity index (χ0v) is 13.0. The Morgan fingerprint density at radius 2 is 1.89 bits per heavy atom. The smallest absolute Gasteiger partial charge is 0.0683 e. The van der Waals surface area contributed by atoms with Gasteiger partial charge in [-0.15, -0.1) is 0 Å². The van der Waals surface area contributed by atoms with Gasteiger partial charge in [-0.2, -0.15) is 5.26 Å². The molecule has 1 aliphatic carbocycles. The van der Waals surface area contributed by atoms with E-state index in [2.05, 4.69) is 23.3 Å². The van der Waals surface area contributed by atoms with Crippen LogP contribution in [0.1, 0.15) is 58.8 Å². The Balaban J connectivity index is 1.92. The van der Waals surface area contributed by atoms with Crippen molar-refractivity contribution in [2.75, 3.05) is 26.7 Å². The van der Waals surface area contributed by atoms with Crippen molar-refractivity contribution in [2.45, 2.75) is 64.8 Å². The summed E-state index contributed by atoms with van der Waals surface area (Å²) in [7, 11) is 2.26. The van der Waals surface area contributed by atoms with Gasteiger partial charge in [0.25, 0.3) is 0 Å². The predicted octanol–water partition coefficient (Wildman–Crippen LogP) is 3.17. The molecule has 3 nitrogen and oxygen atoms in total. The van der Waals surface area contributed by atoms with Crippen LogP contribution in [0.3, 0.4) is 0 Å². The van der Waals surface area contributed by atoms with Crippen LogP contribution in [-0.4, -0.2) is 37.6 Å². The van der Waals surface area contributed by atoms with Crippen LogP contribution in [0.2, 0.25) is 0 Å². The van der Waals surface area contributed by atoms with Crippen molar-refractivity contribution >= 4 is 0 Å². The number of nitrogens with one attached hydrogen (secondary N) is 1. The summed E-state index contributed by atoms with van der Waals surface area (Å²) in [5.74, 6) is 0. The molecule has 0 aromatic rings. The Kier molecular flexibility index (Phi) is 7.41. The highest BCUT2D eigenvalue weighted by molar-refractivity contribution is 4.91. The van der Waals surface area contributed by atoms with Gasteiger partial charge in [-0.3, -0.25) is 0 Å². The van der Waals surface area contributed by atoms with E-state index >= 15 is 0 Å². The van der Waals surface area contributed by atoms with Gasteiger partial charge in [0.05, 0.1) is 11.5 Å². The Morgan fingerprint density at radius 1 is 1.21 bits per heavy atom. The summed E-state index contributed by atoms with van der Waals surface area (Å²) < 4.78 is 0. The van der Waals surface area contributed by atoms with Crippen molar-refractivity contribution in [1.82, 2.24) is 10.2 Å². The predicted molar refractivity (Wildman–Crippen MR) is 81.0 cm³/mol. The molecule has 0 spiro atoms. The first kappa shape index (κ1) is 16.5. The van der Waals surface area contributed by atoms with Crippen molar-refractivity contribution < 1.29 is 0 Å². The van der Waals surface area contributed by atoms with Gasteiger partial charge in [-0.1, -0.05) is 19.3 Å². The number of hydrogen-bond donors (Lipinski definition) is 1. The summed E-state index contributed by atoms with van der Waals surface area (Å²) in [5.41, 5.74) is -0.150. The molecule has 0 amide bonds. The maximum Gasteiger partial charge on any atom is 0.0683 e. The minimum Gasteiger partial charge on any atom is -0.315 e. The average molecular weight is 265 g/mol. The maximum absolute atomic E-state index is 8.93. The molecule has 19 heavy (non-hydrogen) atoms. The number of nitrogens with zero attached hydrogens (tertiary/aromatic N) is 2. The largest absolute Gasteiger partial charge is 0.315 e. The molecular weight excluding hydrogens is 234 g/mol. The van der Waals surface area contributed by atoms with Gasteiger partial charge in [0.2, 0.25) is 0 Å². The molecule has 1 saturated carbocycles. The van der Waals surface area contributed by atoms with E-state index in [1.807, 2.05) is 13.8 Å². The lowest BCUT2D eigenvalue weighted by Crippen LogP contribution is -2.35. The summed E-state index contributed by atoms with van der Waals surface area (Å²) in [4.78, 5) is 2.51. The van der Waals surface area contributed by atoms with Crippen LogP contribution in [0.4, 0.5) is 0 Å². The third-order valence-corrected chi connectivity index (χ3v) is 4.30. The lowest BCUT2D eigenvalue weighted by molar-refractivity contribution is 0.245. The number of hydrogen-bond acceptors (Lipinski definition) is 3. The van der Waals surface area contributed by atoms with Crippen LogP contribution >= 0.6 is 0 Å². The second-order valence-electron chi connectivity index (χ2n) is 6.62. The zero-order chi connectivity index (χ0) is 14.1. The highest BCUT2D eigenvalue weighted by Crippen LogP contribution is 2.22. The minimum atomic E-state index is -0.150. The van der Waals surface area contributed by atoms with E-state index in [1.54, 1.807) is 0 Å². The van der Waals surface area contributed by atoms with Crippen molar-refractivity contribution in [1.29, 1.82) is 5.26 Å². The molecule has 0 aromatic carbocycles. The molecule has 3 heteroatoms.